The number of rotatable bonds is 3. The van der Waals surface area contributed by atoms with Crippen molar-refractivity contribution in [2.75, 3.05) is 6.61 Å². The van der Waals surface area contributed by atoms with Crippen LogP contribution in [0.5, 0.6) is 0 Å². The van der Waals surface area contributed by atoms with Crippen molar-refractivity contribution in [3.63, 3.8) is 0 Å². The number of carbonyl (C=O) groups excluding carboxylic acids is 2. The lowest BCUT2D eigenvalue weighted by Crippen LogP contribution is -2.15. The summed E-state index contributed by atoms with van der Waals surface area (Å²) >= 11 is 0. The van der Waals surface area contributed by atoms with E-state index in [1.165, 1.54) is 6.08 Å². The Morgan fingerprint density at radius 1 is 1.35 bits per heavy atom. The molecule has 88 valence electrons. The van der Waals surface area contributed by atoms with E-state index in [1.807, 2.05) is 0 Å². The van der Waals surface area contributed by atoms with Gasteiger partial charge in [0.2, 0.25) is 0 Å². The molecule has 1 aromatic carbocycles. The van der Waals surface area contributed by atoms with Crippen molar-refractivity contribution in [3.05, 3.63) is 47.5 Å². The number of Topliss-reactive ketones (excluding diaryl/α,β-unsaturated/α-hetero) is 1. The van der Waals surface area contributed by atoms with Gasteiger partial charge in [0.15, 0.2) is 5.78 Å². The van der Waals surface area contributed by atoms with Crippen LogP contribution in [0, 0.1) is 0 Å². The van der Waals surface area contributed by atoms with Crippen molar-refractivity contribution in [1.29, 1.82) is 0 Å². The fourth-order valence-corrected chi connectivity index (χ4v) is 1.69. The van der Waals surface area contributed by atoms with Gasteiger partial charge in [-0.25, -0.2) is 4.79 Å². The molecule has 0 aliphatic heterocycles. The zero-order valence-corrected chi connectivity index (χ0v) is 9.13. The molecule has 0 radical (unpaired) electrons. The van der Waals surface area contributed by atoms with Gasteiger partial charge in [0, 0.05) is 5.57 Å². The maximum Gasteiger partial charge on any atom is 0.338 e. The van der Waals surface area contributed by atoms with Gasteiger partial charge in [-0.1, -0.05) is 18.2 Å². The first-order valence-corrected chi connectivity index (χ1v) is 5.31. The molecular weight excluding hydrogens is 220 g/mol. The van der Waals surface area contributed by atoms with Gasteiger partial charge < -0.3 is 9.84 Å². The quantitative estimate of drug-likeness (QED) is 0.793. The van der Waals surface area contributed by atoms with Gasteiger partial charge >= 0.3 is 5.97 Å². The molecule has 1 aromatic rings. The van der Waals surface area contributed by atoms with E-state index >= 15 is 0 Å². The second-order valence-electron chi connectivity index (χ2n) is 3.79. The van der Waals surface area contributed by atoms with Gasteiger partial charge in [0.1, 0.15) is 6.10 Å². The summed E-state index contributed by atoms with van der Waals surface area (Å²) in [6.07, 6.45) is 1.06. The van der Waals surface area contributed by atoms with Gasteiger partial charge in [0.25, 0.3) is 0 Å². The number of esters is 1. The molecule has 0 aromatic heterocycles. The number of benzene rings is 1. The standard InChI is InChI=1S/C13H12O4/c14-8-10-6-11(7-12(10)15)17-13(16)9-4-2-1-3-5-9/h1-6,11,14H,7-8H2/t11-/m0/s1. The Labute approximate surface area is 98.5 Å². The summed E-state index contributed by atoms with van der Waals surface area (Å²) in [5, 5.41) is 8.88. The number of ether oxygens (including phenoxy) is 1. The summed E-state index contributed by atoms with van der Waals surface area (Å²) < 4.78 is 5.15. The van der Waals surface area contributed by atoms with Crippen LogP contribution in [-0.2, 0) is 9.53 Å². The highest BCUT2D eigenvalue weighted by atomic mass is 16.5. The number of ketones is 1. The minimum atomic E-state index is -0.558. The third-order valence-electron chi connectivity index (χ3n) is 2.57. The molecule has 0 spiro atoms. The van der Waals surface area contributed by atoms with Gasteiger partial charge in [-0.3, -0.25) is 4.79 Å². The minimum absolute atomic E-state index is 0.120. The maximum absolute atomic E-state index is 11.7. The van der Waals surface area contributed by atoms with E-state index in [9.17, 15) is 9.59 Å². The molecule has 0 heterocycles. The molecule has 0 bridgehead atoms. The van der Waals surface area contributed by atoms with Crippen molar-refractivity contribution in [3.8, 4) is 0 Å². The molecule has 1 atom stereocenters. The molecule has 0 unspecified atom stereocenters. The van der Waals surface area contributed by atoms with Gasteiger partial charge in [0.05, 0.1) is 18.6 Å². The summed E-state index contributed by atoms with van der Waals surface area (Å²) in [6.45, 7) is -0.307. The van der Waals surface area contributed by atoms with Crippen LogP contribution in [0.4, 0.5) is 0 Å². The fraction of sp³-hybridized carbons (Fsp3) is 0.231. The highest BCUT2D eigenvalue weighted by molar-refractivity contribution is 5.99. The van der Waals surface area contributed by atoms with Crippen LogP contribution in [0.15, 0.2) is 42.0 Å². The molecule has 4 heteroatoms. The van der Waals surface area contributed by atoms with Crippen LogP contribution in [0.3, 0.4) is 0 Å². The van der Waals surface area contributed by atoms with Crippen molar-refractivity contribution < 1.29 is 19.4 Å². The van der Waals surface area contributed by atoms with E-state index < -0.39 is 12.1 Å². The van der Waals surface area contributed by atoms with Crippen molar-refractivity contribution in [2.45, 2.75) is 12.5 Å². The Kier molecular flexibility index (Phi) is 3.35. The van der Waals surface area contributed by atoms with Gasteiger partial charge in [-0.2, -0.15) is 0 Å². The predicted molar refractivity (Wildman–Crippen MR) is 60.4 cm³/mol. The second-order valence-corrected chi connectivity index (χ2v) is 3.79. The normalized spacial score (nSPS) is 19.0. The molecule has 1 N–H and O–H groups in total. The van der Waals surface area contributed by atoms with Crippen molar-refractivity contribution >= 4 is 11.8 Å². The summed E-state index contributed by atoms with van der Waals surface area (Å²) in [7, 11) is 0. The van der Waals surface area contributed by atoms with Gasteiger partial charge in [-0.05, 0) is 18.2 Å². The Morgan fingerprint density at radius 2 is 2.06 bits per heavy atom. The van der Waals surface area contributed by atoms with E-state index in [2.05, 4.69) is 0 Å². The topological polar surface area (TPSA) is 63.6 Å². The molecule has 1 aliphatic rings. The Balaban J connectivity index is 2.02. The molecular formula is C13H12O4. The van der Waals surface area contributed by atoms with E-state index in [4.69, 9.17) is 9.84 Å². The Morgan fingerprint density at radius 3 is 2.65 bits per heavy atom. The molecule has 0 fully saturated rings. The first-order valence-electron chi connectivity index (χ1n) is 5.31. The molecule has 2 rings (SSSR count). The summed E-state index contributed by atoms with van der Waals surface area (Å²) in [5.74, 6) is -0.628. The predicted octanol–water partition coefficient (Wildman–Crippen LogP) is 1.10. The summed E-state index contributed by atoms with van der Waals surface area (Å²) in [5.41, 5.74) is 0.765. The van der Waals surface area contributed by atoms with Crippen LogP contribution in [0.25, 0.3) is 0 Å². The Bertz CT molecular complexity index is 462. The van der Waals surface area contributed by atoms with Crippen LogP contribution in [0.1, 0.15) is 16.8 Å². The number of aliphatic hydroxyl groups excluding tert-OH is 1. The zero-order valence-electron chi connectivity index (χ0n) is 9.13. The Hall–Kier alpha value is -1.94. The number of hydrogen-bond acceptors (Lipinski definition) is 4. The molecule has 1 aliphatic carbocycles. The maximum atomic E-state index is 11.7. The van der Waals surface area contributed by atoms with Gasteiger partial charge in [-0.15, -0.1) is 0 Å². The van der Waals surface area contributed by atoms with E-state index in [0.29, 0.717) is 11.1 Å². The number of hydrogen-bond donors (Lipinski definition) is 1. The molecule has 17 heavy (non-hydrogen) atoms. The van der Waals surface area contributed by atoms with Crippen LogP contribution < -0.4 is 0 Å². The SMILES string of the molecule is O=C1C[C@@H](OC(=O)c2ccccc2)C=C1CO. The smallest absolute Gasteiger partial charge is 0.338 e. The largest absolute Gasteiger partial charge is 0.454 e. The monoisotopic (exact) mass is 232 g/mol. The van der Waals surface area contributed by atoms with Crippen LogP contribution >= 0.6 is 0 Å². The fourth-order valence-electron chi connectivity index (χ4n) is 1.69. The molecule has 4 nitrogen and oxygen atoms in total. The second kappa shape index (κ2) is 4.93. The van der Waals surface area contributed by atoms with Crippen LogP contribution in [-0.4, -0.2) is 29.6 Å². The lowest BCUT2D eigenvalue weighted by molar-refractivity contribution is -0.116. The van der Waals surface area contributed by atoms with E-state index in [0.717, 1.165) is 0 Å². The highest BCUT2D eigenvalue weighted by Gasteiger charge is 2.26. The first kappa shape index (κ1) is 11.5. The number of aliphatic hydroxyl groups is 1. The lowest BCUT2D eigenvalue weighted by atomic mass is 10.2. The summed E-state index contributed by atoms with van der Waals surface area (Å²) in [4.78, 5) is 23.0. The lowest BCUT2D eigenvalue weighted by Gasteiger charge is -2.08. The molecule has 0 amide bonds. The third-order valence-corrected chi connectivity index (χ3v) is 2.57. The highest BCUT2D eigenvalue weighted by Crippen LogP contribution is 2.18. The van der Waals surface area contributed by atoms with E-state index in [-0.39, 0.29) is 18.8 Å². The van der Waals surface area contributed by atoms with Crippen molar-refractivity contribution in [2.24, 2.45) is 0 Å². The average molecular weight is 232 g/mol. The third kappa shape index (κ3) is 2.60. The molecule has 0 saturated carbocycles. The zero-order chi connectivity index (χ0) is 12.3. The van der Waals surface area contributed by atoms with Crippen LogP contribution in [0.2, 0.25) is 0 Å². The average Bonchev–Trinajstić information content (AvgIpc) is 2.70. The molecule has 0 saturated heterocycles. The first-order chi connectivity index (χ1) is 8.20. The summed E-state index contributed by atoms with van der Waals surface area (Å²) in [6, 6.07) is 8.59. The van der Waals surface area contributed by atoms with E-state index in [1.54, 1.807) is 30.3 Å². The van der Waals surface area contributed by atoms with Crippen molar-refractivity contribution in [1.82, 2.24) is 0 Å². The minimum Gasteiger partial charge on any atom is -0.454 e. The number of carbonyl (C=O) groups is 2.